The Morgan fingerprint density at radius 3 is 2.12 bits per heavy atom. The Bertz CT molecular complexity index is 1050. The van der Waals surface area contributed by atoms with E-state index in [0.717, 1.165) is 29.5 Å². The second-order valence-corrected chi connectivity index (χ2v) is 9.51. The highest BCUT2D eigenvalue weighted by atomic mass is 16.5. The van der Waals surface area contributed by atoms with Crippen LogP contribution in [0.25, 0.3) is 0 Å². The zero-order valence-electron chi connectivity index (χ0n) is 21.2. The van der Waals surface area contributed by atoms with Gasteiger partial charge in [-0.2, -0.15) is 0 Å². The Labute approximate surface area is 203 Å². The molecular formula is C29H38O5. The normalized spacial score (nSPS) is 12.6. The predicted molar refractivity (Wildman–Crippen MR) is 135 cm³/mol. The smallest absolute Gasteiger partial charge is 0.303 e. The first-order valence-electron chi connectivity index (χ1n) is 11.9. The van der Waals surface area contributed by atoms with Crippen molar-refractivity contribution in [2.45, 2.75) is 84.3 Å². The molecule has 0 spiro atoms. The molecule has 34 heavy (non-hydrogen) atoms. The number of hydrogen-bond acceptors (Lipinski definition) is 4. The van der Waals surface area contributed by atoms with E-state index in [1.807, 2.05) is 26.0 Å². The molecule has 0 heterocycles. The molecule has 5 nitrogen and oxygen atoms in total. The molecule has 0 aliphatic carbocycles. The molecule has 184 valence electrons. The Morgan fingerprint density at radius 2 is 1.62 bits per heavy atom. The lowest BCUT2D eigenvalue weighted by atomic mass is 9.70. The van der Waals surface area contributed by atoms with Crippen LogP contribution in [-0.2, 0) is 10.2 Å². The Morgan fingerprint density at radius 1 is 1.03 bits per heavy atom. The van der Waals surface area contributed by atoms with Crippen LogP contribution in [0, 0.1) is 25.7 Å². The molecule has 0 bridgehead atoms. The van der Waals surface area contributed by atoms with Gasteiger partial charge in [0.2, 0.25) is 0 Å². The fourth-order valence-electron chi connectivity index (χ4n) is 4.22. The van der Waals surface area contributed by atoms with Crippen LogP contribution in [0.1, 0.15) is 81.2 Å². The maximum atomic E-state index is 10.7. The third-order valence-electron chi connectivity index (χ3n) is 6.34. The molecule has 0 fully saturated rings. The standard InChI is InChI=1S/C29H38O5/c1-7-29(8-2,23-10-9-22(20(3)17-23)15-16-28(5,6)33)24-11-13-26(21(4)18-24)34-19-25(30)12-14-27(31)32/h9-11,13,17-18,25,30,33H,7-8,12,14,19H2,1-6H3,(H,31,32). The number of aliphatic carboxylic acids is 1. The minimum Gasteiger partial charge on any atom is -0.491 e. The number of carboxylic acid groups (broad SMARTS) is 1. The number of carboxylic acids is 1. The van der Waals surface area contributed by atoms with Gasteiger partial charge in [0.05, 0.1) is 6.10 Å². The van der Waals surface area contributed by atoms with Gasteiger partial charge in [0, 0.05) is 17.4 Å². The molecule has 0 saturated carbocycles. The topological polar surface area (TPSA) is 87.0 Å². The van der Waals surface area contributed by atoms with Gasteiger partial charge in [-0.3, -0.25) is 4.79 Å². The number of aryl methyl sites for hydroxylation is 2. The fourth-order valence-corrected chi connectivity index (χ4v) is 4.22. The van der Waals surface area contributed by atoms with Crippen LogP contribution >= 0.6 is 0 Å². The van der Waals surface area contributed by atoms with Gasteiger partial charge in [-0.25, -0.2) is 0 Å². The molecule has 2 aromatic carbocycles. The Balaban J connectivity index is 2.31. The van der Waals surface area contributed by atoms with E-state index in [2.05, 4.69) is 50.0 Å². The van der Waals surface area contributed by atoms with E-state index >= 15 is 0 Å². The lowest BCUT2D eigenvalue weighted by molar-refractivity contribution is -0.137. The maximum Gasteiger partial charge on any atom is 0.303 e. The number of benzene rings is 2. The molecule has 1 atom stereocenters. The summed E-state index contributed by atoms with van der Waals surface area (Å²) in [5, 5.41) is 28.7. The predicted octanol–water partition coefficient (Wildman–Crippen LogP) is 5.14. The minimum atomic E-state index is -1.03. The quantitative estimate of drug-likeness (QED) is 0.422. The van der Waals surface area contributed by atoms with E-state index in [1.165, 1.54) is 11.1 Å². The number of aliphatic hydroxyl groups is 2. The largest absolute Gasteiger partial charge is 0.491 e. The van der Waals surface area contributed by atoms with E-state index in [1.54, 1.807) is 13.8 Å². The lowest BCUT2D eigenvalue weighted by Gasteiger charge is -2.34. The fraction of sp³-hybridized carbons (Fsp3) is 0.483. The summed E-state index contributed by atoms with van der Waals surface area (Å²) in [4.78, 5) is 10.7. The zero-order chi connectivity index (χ0) is 25.5. The van der Waals surface area contributed by atoms with Crippen LogP contribution in [0.2, 0.25) is 0 Å². The first kappa shape index (κ1) is 27.4. The van der Waals surface area contributed by atoms with Gasteiger partial charge in [-0.15, -0.1) is 0 Å². The highest BCUT2D eigenvalue weighted by molar-refractivity contribution is 5.66. The van der Waals surface area contributed by atoms with Gasteiger partial charge in [-0.05, 0) is 81.3 Å². The molecule has 0 saturated heterocycles. The average Bonchev–Trinajstić information content (AvgIpc) is 2.77. The van der Waals surface area contributed by atoms with E-state index in [0.29, 0.717) is 5.75 Å². The maximum absolute atomic E-state index is 10.7. The van der Waals surface area contributed by atoms with Crippen LogP contribution in [0.3, 0.4) is 0 Å². The number of aliphatic hydroxyl groups excluding tert-OH is 1. The highest BCUT2D eigenvalue weighted by Crippen LogP contribution is 2.40. The van der Waals surface area contributed by atoms with Gasteiger partial charge < -0.3 is 20.1 Å². The third kappa shape index (κ3) is 7.09. The average molecular weight is 467 g/mol. The number of carbonyl (C=O) groups is 1. The van der Waals surface area contributed by atoms with Crippen molar-refractivity contribution in [1.82, 2.24) is 0 Å². The molecule has 2 aromatic rings. The van der Waals surface area contributed by atoms with Crippen molar-refractivity contribution in [2.24, 2.45) is 0 Å². The van der Waals surface area contributed by atoms with Crippen molar-refractivity contribution < 1.29 is 24.9 Å². The third-order valence-corrected chi connectivity index (χ3v) is 6.34. The molecule has 0 aliphatic rings. The monoisotopic (exact) mass is 466 g/mol. The highest BCUT2D eigenvalue weighted by Gasteiger charge is 2.31. The summed E-state index contributed by atoms with van der Waals surface area (Å²) in [6, 6.07) is 12.5. The van der Waals surface area contributed by atoms with Crippen LogP contribution in [0.5, 0.6) is 5.75 Å². The summed E-state index contributed by atoms with van der Waals surface area (Å²) in [7, 11) is 0. The number of ether oxygens (including phenoxy) is 1. The van der Waals surface area contributed by atoms with Crippen molar-refractivity contribution in [1.29, 1.82) is 0 Å². The van der Waals surface area contributed by atoms with Crippen LogP contribution in [-0.4, -0.2) is 39.6 Å². The molecule has 5 heteroatoms. The first-order valence-corrected chi connectivity index (χ1v) is 11.9. The summed E-state index contributed by atoms with van der Waals surface area (Å²) in [5.74, 6) is 5.74. The van der Waals surface area contributed by atoms with E-state index in [-0.39, 0.29) is 24.9 Å². The second kappa shape index (κ2) is 11.6. The van der Waals surface area contributed by atoms with Gasteiger partial charge in [0.15, 0.2) is 0 Å². The summed E-state index contributed by atoms with van der Waals surface area (Å²) in [5.41, 5.74) is 4.18. The van der Waals surface area contributed by atoms with E-state index in [9.17, 15) is 15.0 Å². The van der Waals surface area contributed by atoms with Crippen LogP contribution < -0.4 is 4.74 Å². The van der Waals surface area contributed by atoms with Crippen molar-refractivity contribution in [2.75, 3.05) is 6.61 Å². The lowest BCUT2D eigenvalue weighted by Crippen LogP contribution is -2.26. The molecule has 1 unspecified atom stereocenters. The molecular weight excluding hydrogens is 428 g/mol. The van der Waals surface area contributed by atoms with Gasteiger partial charge >= 0.3 is 5.97 Å². The molecule has 0 aromatic heterocycles. The summed E-state index contributed by atoms with van der Waals surface area (Å²) in [6.07, 6.45) is 1.11. The van der Waals surface area contributed by atoms with Crippen LogP contribution in [0.4, 0.5) is 0 Å². The number of hydrogen-bond donors (Lipinski definition) is 3. The minimum absolute atomic E-state index is 0.0620. The second-order valence-electron chi connectivity index (χ2n) is 9.51. The summed E-state index contributed by atoms with van der Waals surface area (Å²) in [6.45, 7) is 11.8. The van der Waals surface area contributed by atoms with Crippen molar-refractivity contribution >= 4 is 5.97 Å². The zero-order valence-corrected chi connectivity index (χ0v) is 21.2. The molecule has 0 aliphatic heterocycles. The van der Waals surface area contributed by atoms with Crippen LogP contribution in [0.15, 0.2) is 36.4 Å². The van der Waals surface area contributed by atoms with E-state index in [4.69, 9.17) is 9.84 Å². The molecule has 0 amide bonds. The Kier molecular flexibility index (Phi) is 9.32. The SMILES string of the molecule is CCC(CC)(c1ccc(C#CC(C)(C)O)c(C)c1)c1ccc(OCC(O)CCC(=O)O)c(C)c1. The van der Waals surface area contributed by atoms with E-state index < -0.39 is 17.7 Å². The van der Waals surface area contributed by atoms with Gasteiger partial charge in [0.25, 0.3) is 0 Å². The van der Waals surface area contributed by atoms with Crippen molar-refractivity contribution in [3.63, 3.8) is 0 Å². The van der Waals surface area contributed by atoms with Gasteiger partial charge in [0.1, 0.15) is 18.0 Å². The Hall–Kier alpha value is -2.81. The molecule has 3 N–H and O–H groups in total. The molecule has 0 radical (unpaired) electrons. The molecule has 2 rings (SSSR count). The summed E-state index contributed by atoms with van der Waals surface area (Å²) >= 11 is 0. The van der Waals surface area contributed by atoms with Crippen molar-refractivity contribution in [3.05, 3.63) is 64.2 Å². The summed E-state index contributed by atoms with van der Waals surface area (Å²) < 4.78 is 5.78. The van der Waals surface area contributed by atoms with Gasteiger partial charge in [-0.1, -0.05) is 50.0 Å². The number of rotatable bonds is 10. The van der Waals surface area contributed by atoms with Crippen molar-refractivity contribution in [3.8, 4) is 17.6 Å². The first-order chi connectivity index (χ1) is 15.9.